The summed E-state index contributed by atoms with van der Waals surface area (Å²) >= 11 is 9.85. The van der Waals surface area contributed by atoms with Crippen molar-refractivity contribution in [3.8, 4) is 11.5 Å². The number of carbonyl (C=O) groups is 2. The minimum Gasteiger partial charge on any atom is -0.490 e. The molecule has 4 rings (SSSR count). The molecule has 0 aliphatic carbocycles. The van der Waals surface area contributed by atoms with E-state index in [2.05, 4.69) is 20.9 Å². The number of cyclic esters (lactones) is 1. The highest BCUT2D eigenvalue weighted by Crippen LogP contribution is 2.38. The highest BCUT2D eigenvalue weighted by atomic mass is 79.9. The van der Waals surface area contributed by atoms with E-state index in [1.165, 1.54) is 6.08 Å². The number of carbonyl (C=O) groups excluding carboxylic acids is 2. The average molecular weight is 527 g/mol. The van der Waals surface area contributed by atoms with Gasteiger partial charge < -0.3 is 14.2 Å². The van der Waals surface area contributed by atoms with Crippen molar-refractivity contribution in [1.82, 2.24) is 0 Å². The minimum absolute atomic E-state index is 0.0981. The van der Waals surface area contributed by atoms with Gasteiger partial charge in [0.25, 0.3) is 0 Å². The van der Waals surface area contributed by atoms with Gasteiger partial charge in [0.1, 0.15) is 0 Å². The van der Waals surface area contributed by atoms with E-state index in [1.807, 2.05) is 18.2 Å². The molecule has 8 heteroatoms. The number of aliphatic imine (C=N–C) groups is 1. The first-order chi connectivity index (χ1) is 16.0. The number of hydrogen-bond acceptors (Lipinski definition) is 6. The van der Waals surface area contributed by atoms with Crippen LogP contribution in [0.5, 0.6) is 11.5 Å². The molecule has 0 spiro atoms. The largest absolute Gasteiger partial charge is 0.490 e. The molecule has 166 valence electrons. The molecule has 1 heterocycles. The van der Waals surface area contributed by atoms with Gasteiger partial charge in [-0.1, -0.05) is 41.9 Å². The van der Waals surface area contributed by atoms with Crippen LogP contribution in [0.25, 0.3) is 6.08 Å². The lowest BCUT2D eigenvalue weighted by molar-refractivity contribution is -0.129. The third-order valence-corrected chi connectivity index (χ3v) is 5.54. The summed E-state index contributed by atoms with van der Waals surface area (Å²) in [6.45, 7) is 2.11. The van der Waals surface area contributed by atoms with Crippen molar-refractivity contribution in [2.24, 2.45) is 4.99 Å². The van der Waals surface area contributed by atoms with Gasteiger partial charge in [-0.3, -0.25) is 0 Å². The molecule has 0 unspecified atom stereocenters. The van der Waals surface area contributed by atoms with Crippen molar-refractivity contribution in [2.75, 3.05) is 6.61 Å². The fourth-order valence-electron chi connectivity index (χ4n) is 3.08. The molecule has 6 nitrogen and oxygen atoms in total. The Morgan fingerprint density at radius 3 is 2.58 bits per heavy atom. The molecule has 0 aromatic heterocycles. The van der Waals surface area contributed by atoms with E-state index in [0.29, 0.717) is 23.3 Å². The Labute approximate surface area is 203 Å². The summed E-state index contributed by atoms with van der Waals surface area (Å²) in [7, 11) is 0. The summed E-state index contributed by atoms with van der Waals surface area (Å²) in [6.07, 6.45) is 1.53. The van der Waals surface area contributed by atoms with Crippen LogP contribution in [0, 0.1) is 0 Å². The highest BCUT2D eigenvalue weighted by Gasteiger charge is 2.26. The minimum atomic E-state index is -0.589. The number of nitrogens with zero attached hydrogens (tertiary/aromatic N) is 1. The van der Waals surface area contributed by atoms with E-state index >= 15 is 0 Å². The lowest BCUT2D eigenvalue weighted by atomic mass is 10.1. The second-order valence-corrected chi connectivity index (χ2v) is 8.10. The Morgan fingerprint density at radius 1 is 1.12 bits per heavy atom. The Kier molecular flexibility index (Phi) is 6.91. The predicted molar refractivity (Wildman–Crippen MR) is 129 cm³/mol. The predicted octanol–water partition coefficient (Wildman–Crippen LogP) is 6.06. The maximum Gasteiger partial charge on any atom is 0.363 e. The van der Waals surface area contributed by atoms with Crippen LogP contribution in [-0.2, 0) is 9.53 Å². The van der Waals surface area contributed by atoms with Crippen LogP contribution in [0.3, 0.4) is 0 Å². The number of hydrogen-bond donors (Lipinski definition) is 0. The number of ether oxygens (including phenoxy) is 3. The molecule has 1 aliphatic rings. The van der Waals surface area contributed by atoms with Gasteiger partial charge in [0.2, 0.25) is 5.90 Å². The van der Waals surface area contributed by atoms with E-state index in [1.54, 1.807) is 55.5 Å². The molecular formula is C25H17BrClNO5. The summed E-state index contributed by atoms with van der Waals surface area (Å²) in [5.74, 6) is -0.590. The maximum absolute atomic E-state index is 12.5. The SMILES string of the molecule is CCOc1cc(/C=C2\N=C(c3ccccc3Br)OC2=O)cc(Cl)c1OC(=O)c1ccccc1. The Balaban J connectivity index is 1.66. The van der Waals surface area contributed by atoms with E-state index in [9.17, 15) is 9.59 Å². The van der Waals surface area contributed by atoms with Crippen molar-refractivity contribution in [2.45, 2.75) is 6.92 Å². The number of esters is 2. The zero-order chi connectivity index (χ0) is 23.4. The third-order valence-electron chi connectivity index (χ3n) is 4.56. The van der Waals surface area contributed by atoms with Crippen molar-refractivity contribution < 1.29 is 23.8 Å². The highest BCUT2D eigenvalue weighted by molar-refractivity contribution is 9.10. The smallest absolute Gasteiger partial charge is 0.363 e. The van der Waals surface area contributed by atoms with Crippen molar-refractivity contribution in [3.63, 3.8) is 0 Å². The first kappa shape index (κ1) is 22.8. The molecule has 1 aliphatic heterocycles. The normalized spacial score (nSPS) is 14.1. The van der Waals surface area contributed by atoms with Gasteiger partial charge in [-0.2, -0.15) is 0 Å². The van der Waals surface area contributed by atoms with Gasteiger partial charge in [-0.15, -0.1) is 0 Å². The standard InChI is InChI=1S/C25H17BrClNO5/c1-2-31-21-14-15(12-19(27)22(21)32-24(29)16-8-4-3-5-9-16)13-20-25(30)33-23(28-20)17-10-6-7-11-18(17)26/h3-14H,2H2,1H3/b20-13-. The molecule has 0 fully saturated rings. The van der Waals surface area contributed by atoms with E-state index in [-0.39, 0.29) is 28.1 Å². The van der Waals surface area contributed by atoms with Crippen LogP contribution in [0.4, 0.5) is 0 Å². The van der Waals surface area contributed by atoms with Gasteiger partial charge >= 0.3 is 11.9 Å². The van der Waals surface area contributed by atoms with Crippen LogP contribution in [0.1, 0.15) is 28.4 Å². The zero-order valence-corrected chi connectivity index (χ0v) is 19.7. The maximum atomic E-state index is 12.5. The second-order valence-electron chi connectivity index (χ2n) is 6.83. The number of rotatable bonds is 6. The van der Waals surface area contributed by atoms with E-state index in [4.69, 9.17) is 25.8 Å². The van der Waals surface area contributed by atoms with E-state index in [0.717, 1.165) is 4.47 Å². The fraction of sp³-hybridized carbons (Fsp3) is 0.0800. The number of halogens is 2. The van der Waals surface area contributed by atoms with Gasteiger partial charge in [0, 0.05) is 4.47 Å². The molecular weight excluding hydrogens is 510 g/mol. The molecule has 0 atom stereocenters. The molecule has 33 heavy (non-hydrogen) atoms. The van der Waals surface area contributed by atoms with Gasteiger partial charge in [-0.25, -0.2) is 14.6 Å². The first-order valence-corrected chi connectivity index (χ1v) is 11.1. The Bertz CT molecular complexity index is 1290. The molecule has 0 saturated heterocycles. The fourth-order valence-corrected chi connectivity index (χ4v) is 3.79. The number of benzene rings is 3. The third kappa shape index (κ3) is 5.16. The Hall–Kier alpha value is -3.42. The second kappa shape index (κ2) is 10.0. The van der Waals surface area contributed by atoms with Crippen molar-refractivity contribution in [1.29, 1.82) is 0 Å². The van der Waals surface area contributed by atoms with Crippen molar-refractivity contribution in [3.05, 3.63) is 98.6 Å². The Morgan fingerprint density at radius 2 is 1.85 bits per heavy atom. The van der Waals surface area contributed by atoms with E-state index < -0.39 is 11.9 Å². The van der Waals surface area contributed by atoms with Crippen LogP contribution < -0.4 is 9.47 Å². The zero-order valence-electron chi connectivity index (χ0n) is 17.4. The van der Waals surface area contributed by atoms with Gasteiger partial charge in [-0.05, 0) is 70.9 Å². The first-order valence-electron chi connectivity index (χ1n) is 9.97. The van der Waals surface area contributed by atoms with Crippen LogP contribution in [-0.4, -0.2) is 24.4 Å². The summed E-state index contributed by atoms with van der Waals surface area (Å²) in [5.41, 5.74) is 1.68. The summed E-state index contributed by atoms with van der Waals surface area (Å²) in [4.78, 5) is 29.2. The van der Waals surface area contributed by atoms with Gasteiger partial charge in [0.15, 0.2) is 17.2 Å². The molecule has 3 aromatic rings. The molecule has 0 N–H and O–H groups in total. The summed E-state index contributed by atoms with van der Waals surface area (Å²) < 4.78 is 17.2. The molecule has 0 amide bonds. The quantitative estimate of drug-likeness (QED) is 0.222. The molecule has 3 aromatic carbocycles. The van der Waals surface area contributed by atoms with Crippen LogP contribution in [0.15, 0.2) is 81.9 Å². The summed E-state index contributed by atoms with van der Waals surface area (Å²) in [6, 6.07) is 19.0. The topological polar surface area (TPSA) is 74.2 Å². The van der Waals surface area contributed by atoms with Crippen molar-refractivity contribution >= 4 is 51.4 Å². The lowest BCUT2D eigenvalue weighted by Crippen LogP contribution is -2.10. The molecule has 0 radical (unpaired) electrons. The lowest BCUT2D eigenvalue weighted by Gasteiger charge is -2.13. The molecule has 0 saturated carbocycles. The summed E-state index contributed by atoms with van der Waals surface area (Å²) in [5, 5.41) is 0.151. The van der Waals surface area contributed by atoms with Crippen LogP contribution in [0.2, 0.25) is 5.02 Å². The van der Waals surface area contributed by atoms with Crippen LogP contribution >= 0.6 is 27.5 Å². The average Bonchev–Trinajstić information content (AvgIpc) is 3.17. The van der Waals surface area contributed by atoms with Gasteiger partial charge in [0.05, 0.1) is 22.8 Å². The monoisotopic (exact) mass is 525 g/mol. The molecule has 0 bridgehead atoms.